The van der Waals surface area contributed by atoms with Crippen LogP contribution < -0.4 is 20.1 Å². The van der Waals surface area contributed by atoms with E-state index in [2.05, 4.69) is 30.7 Å². The van der Waals surface area contributed by atoms with E-state index in [4.69, 9.17) is 19.4 Å². The number of pyridine rings is 1. The van der Waals surface area contributed by atoms with Crippen molar-refractivity contribution in [2.45, 2.75) is 0 Å². The number of benzene rings is 3. The first-order valence-electron chi connectivity index (χ1n) is 13.7. The van der Waals surface area contributed by atoms with Crippen LogP contribution in [0.15, 0.2) is 85.3 Å². The highest BCUT2D eigenvalue weighted by Crippen LogP contribution is 2.37. The van der Waals surface area contributed by atoms with E-state index in [1.54, 1.807) is 31.6 Å². The lowest BCUT2D eigenvalue weighted by Crippen LogP contribution is -2.19. The molecule has 0 aliphatic heterocycles. The predicted molar refractivity (Wildman–Crippen MR) is 167 cm³/mol. The van der Waals surface area contributed by atoms with Crippen molar-refractivity contribution in [3.8, 4) is 22.9 Å². The highest BCUT2D eigenvalue weighted by atomic mass is 16.5. The van der Waals surface area contributed by atoms with Gasteiger partial charge in [0.2, 0.25) is 0 Å². The van der Waals surface area contributed by atoms with E-state index in [9.17, 15) is 4.79 Å². The van der Waals surface area contributed by atoms with Crippen LogP contribution in [0.4, 0.5) is 17.2 Å². The molecule has 0 saturated heterocycles. The van der Waals surface area contributed by atoms with Crippen molar-refractivity contribution in [2.24, 2.45) is 0 Å². The highest BCUT2D eigenvalue weighted by Gasteiger charge is 2.16. The van der Waals surface area contributed by atoms with Crippen molar-refractivity contribution in [1.29, 1.82) is 0 Å². The number of aromatic amines is 1. The Kier molecular flexibility index (Phi) is 7.79. The van der Waals surface area contributed by atoms with Crippen LogP contribution in [0.25, 0.3) is 33.2 Å². The first-order chi connectivity index (χ1) is 21.0. The topological polar surface area (TPSA) is 130 Å². The molecule has 3 aromatic carbocycles. The van der Waals surface area contributed by atoms with Crippen LogP contribution >= 0.6 is 0 Å². The van der Waals surface area contributed by atoms with Gasteiger partial charge in [-0.05, 0) is 62.6 Å². The summed E-state index contributed by atoms with van der Waals surface area (Å²) in [6, 6.07) is 20.5. The maximum atomic E-state index is 12.8. The molecule has 0 bridgehead atoms. The van der Waals surface area contributed by atoms with E-state index in [0.717, 1.165) is 34.1 Å². The Hall–Kier alpha value is -5.55. The third kappa shape index (κ3) is 6.21. The Bertz CT molecular complexity index is 1910. The second kappa shape index (κ2) is 12.1. The molecule has 0 fully saturated rings. The highest BCUT2D eigenvalue weighted by molar-refractivity contribution is 6.04. The molecule has 43 heavy (non-hydrogen) atoms. The van der Waals surface area contributed by atoms with Gasteiger partial charge in [-0.15, -0.1) is 0 Å². The normalized spacial score (nSPS) is 11.2. The fraction of sp³-hybridized carbons (Fsp3) is 0.156. The number of fused-ring (bicyclic) bond motifs is 2. The molecule has 3 N–H and O–H groups in total. The Morgan fingerprint density at radius 2 is 1.86 bits per heavy atom. The molecule has 0 aliphatic carbocycles. The van der Waals surface area contributed by atoms with Gasteiger partial charge in [0.15, 0.2) is 17.3 Å². The summed E-state index contributed by atoms with van der Waals surface area (Å²) in [5, 5.41) is 15.2. The van der Waals surface area contributed by atoms with Crippen molar-refractivity contribution < 1.29 is 14.3 Å². The minimum Gasteiger partial charge on any atom is -0.493 e. The zero-order valence-electron chi connectivity index (χ0n) is 24.0. The average molecular weight is 575 g/mol. The molecular formula is C32H30N8O3. The molecule has 0 unspecified atom stereocenters. The van der Waals surface area contributed by atoms with Gasteiger partial charge in [-0.1, -0.05) is 12.1 Å². The minimum atomic E-state index is -0.256. The molecule has 1 amide bonds. The lowest BCUT2D eigenvalue weighted by atomic mass is 10.1. The largest absolute Gasteiger partial charge is 0.493 e. The van der Waals surface area contributed by atoms with Gasteiger partial charge in [-0.25, -0.2) is 9.97 Å². The van der Waals surface area contributed by atoms with E-state index in [1.165, 1.54) is 6.20 Å². The van der Waals surface area contributed by atoms with Gasteiger partial charge in [0.25, 0.3) is 5.91 Å². The fourth-order valence-electron chi connectivity index (χ4n) is 4.57. The summed E-state index contributed by atoms with van der Waals surface area (Å²) in [6.07, 6.45) is 4.93. The maximum absolute atomic E-state index is 12.8. The number of methoxy groups -OCH3 is 1. The van der Waals surface area contributed by atoms with Gasteiger partial charge >= 0.3 is 0 Å². The first kappa shape index (κ1) is 27.6. The van der Waals surface area contributed by atoms with E-state index >= 15 is 0 Å². The Balaban J connectivity index is 1.41. The summed E-state index contributed by atoms with van der Waals surface area (Å²) in [4.78, 5) is 28.7. The quantitative estimate of drug-likeness (QED) is 0.194. The Morgan fingerprint density at radius 1 is 0.953 bits per heavy atom. The Labute approximate surface area is 247 Å². The predicted octanol–water partition coefficient (Wildman–Crippen LogP) is 5.51. The van der Waals surface area contributed by atoms with E-state index in [1.807, 2.05) is 68.7 Å². The van der Waals surface area contributed by atoms with Crippen LogP contribution in [0.3, 0.4) is 0 Å². The average Bonchev–Trinajstić information content (AvgIpc) is 3.49. The lowest BCUT2D eigenvalue weighted by Gasteiger charge is -2.16. The molecule has 0 saturated carbocycles. The summed E-state index contributed by atoms with van der Waals surface area (Å²) in [5.74, 6) is 1.97. The number of rotatable bonds is 10. The van der Waals surface area contributed by atoms with Crippen molar-refractivity contribution in [2.75, 3.05) is 45.0 Å². The second-order valence-corrected chi connectivity index (χ2v) is 10.1. The zero-order valence-corrected chi connectivity index (χ0v) is 24.0. The molecule has 6 rings (SSSR count). The molecule has 0 spiro atoms. The summed E-state index contributed by atoms with van der Waals surface area (Å²) in [5.41, 5.74) is 4.24. The SMILES string of the molecule is COc1cc2nc(-c3cccc(NC(=O)c4cccnc4)c3)nc(Nc3ccc4[nH]ncc4c3)c2cc1OCCN(C)C. The lowest BCUT2D eigenvalue weighted by molar-refractivity contribution is 0.102. The molecule has 11 heteroatoms. The number of carbonyl (C=O) groups is 1. The molecule has 6 aromatic rings. The molecule has 0 radical (unpaired) electrons. The first-order valence-corrected chi connectivity index (χ1v) is 13.7. The van der Waals surface area contributed by atoms with Crippen molar-refractivity contribution in [3.05, 3.63) is 90.9 Å². The summed E-state index contributed by atoms with van der Waals surface area (Å²) in [6.45, 7) is 1.24. The molecule has 11 nitrogen and oxygen atoms in total. The van der Waals surface area contributed by atoms with Crippen molar-refractivity contribution in [3.63, 3.8) is 0 Å². The Morgan fingerprint density at radius 3 is 2.67 bits per heavy atom. The van der Waals surface area contributed by atoms with Crippen LogP contribution in [0, 0.1) is 0 Å². The maximum Gasteiger partial charge on any atom is 0.257 e. The minimum absolute atomic E-state index is 0.256. The third-order valence-corrected chi connectivity index (χ3v) is 6.78. The van der Waals surface area contributed by atoms with Gasteiger partial charge < -0.3 is 25.0 Å². The number of hydrogen-bond acceptors (Lipinski definition) is 9. The van der Waals surface area contributed by atoms with Crippen molar-refractivity contribution in [1.82, 2.24) is 30.0 Å². The molecular weight excluding hydrogens is 544 g/mol. The second-order valence-electron chi connectivity index (χ2n) is 10.1. The number of ether oxygens (including phenoxy) is 2. The van der Waals surface area contributed by atoms with Gasteiger partial charge in [-0.2, -0.15) is 5.10 Å². The number of likely N-dealkylation sites (N-methyl/N-ethyl adjacent to an activating group) is 1. The van der Waals surface area contributed by atoms with Crippen LogP contribution in [0.1, 0.15) is 10.4 Å². The van der Waals surface area contributed by atoms with Gasteiger partial charge in [0.05, 0.1) is 29.9 Å². The molecule has 3 heterocycles. The number of H-pyrrole nitrogens is 1. The number of nitrogens with zero attached hydrogens (tertiary/aromatic N) is 5. The smallest absolute Gasteiger partial charge is 0.257 e. The van der Waals surface area contributed by atoms with Gasteiger partial charge in [-0.3, -0.25) is 14.9 Å². The van der Waals surface area contributed by atoms with Gasteiger partial charge in [0.1, 0.15) is 12.4 Å². The summed E-state index contributed by atoms with van der Waals surface area (Å²) in [7, 11) is 5.60. The third-order valence-electron chi connectivity index (χ3n) is 6.78. The number of aromatic nitrogens is 5. The van der Waals surface area contributed by atoms with Crippen LogP contribution in [-0.4, -0.2) is 70.3 Å². The number of nitrogens with one attached hydrogen (secondary N) is 3. The zero-order chi connectivity index (χ0) is 29.8. The fourth-order valence-corrected chi connectivity index (χ4v) is 4.57. The number of anilines is 3. The monoisotopic (exact) mass is 574 g/mol. The summed E-state index contributed by atoms with van der Waals surface area (Å²) >= 11 is 0. The van der Waals surface area contributed by atoms with Crippen molar-refractivity contribution >= 4 is 44.9 Å². The van der Waals surface area contributed by atoms with Gasteiger partial charge in [0, 0.05) is 52.7 Å². The molecule has 0 aliphatic rings. The van der Waals surface area contributed by atoms with E-state index in [0.29, 0.717) is 46.5 Å². The summed E-state index contributed by atoms with van der Waals surface area (Å²) < 4.78 is 11.8. The number of carbonyl (C=O) groups excluding carboxylic acids is 1. The van der Waals surface area contributed by atoms with Crippen LogP contribution in [0.5, 0.6) is 11.5 Å². The number of amides is 1. The number of hydrogen-bond donors (Lipinski definition) is 3. The molecule has 0 atom stereocenters. The molecule has 216 valence electrons. The molecule has 3 aromatic heterocycles. The van der Waals surface area contributed by atoms with E-state index in [-0.39, 0.29) is 5.91 Å². The standard InChI is InChI=1S/C32H30N8O3/c1-40(2)12-13-43-29-16-25-27(17-28(29)42-3)37-30(38-31(25)35-24-9-10-26-22(15-24)19-34-39-26)20-6-4-8-23(14-20)36-32(41)21-7-5-11-33-18-21/h4-11,14-19H,12-13H2,1-3H3,(H,34,39)(H,36,41)(H,35,37,38). The van der Waals surface area contributed by atoms with Crippen LogP contribution in [-0.2, 0) is 0 Å². The van der Waals surface area contributed by atoms with E-state index < -0.39 is 0 Å². The van der Waals surface area contributed by atoms with Crippen LogP contribution in [0.2, 0.25) is 0 Å².